The van der Waals surface area contributed by atoms with Crippen LogP contribution in [-0.2, 0) is 0 Å². The van der Waals surface area contributed by atoms with Crippen LogP contribution in [0.4, 0.5) is 32.0 Å². The quantitative estimate of drug-likeness (QED) is 0.251. The number of rotatable bonds is 5. The highest BCUT2D eigenvalue weighted by atomic mass is 35.5. The Morgan fingerprint density at radius 3 is 2.26 bits per heavy atom. The molecule has 178 valence electrons. The molecule has 3 aromatic rings. The Morgan fingerprint density at radius 2 is 1.65 bits per heavy atom. The van der Waals surface area contributed by atoms with E-state index in [1.807, 2.05) is 30.5 Å². The van der Waals surface area contributed by atoms with Gasteiger partial charge in [0.05, 0.1) is 16.8 Å². The minimum Gasteiger partial charge on any atom is -0.256 e. The summed E-state index contributed by atoms with van der Waals surface area (Å²) in [6.07, 6.45) is -4.53. The first-order valence-corrected chi connectivity index (χ1v) is 11.6. The molecular weight excluding hydrogens is 498 g/mol. The van der Waals surface area contributed by atoms with Crippen LogP contribution in [0, 0.1) is 5.82 Å². The molecular formula is C24H17ClF6N2S. The third-order valence-corrected chi connectivity index (χ3v) is 6.51. The Kier molecular flexibility index (Phi) is 6.61. The van der Waals surface area contributed by atoms with E-state index in [-0.39, 0.29) is 10.7 Å². The zero-order valence-electron chi connectivity index (χ0n) is 17.6. The van der Waals surface area contributed by atoms with Gasteiger partial charge in [0.15, 0.2) is 0 Å². The number of thioether (sulfide) groups is 1. The molecule has 10 heteroatoms. The predicted octanol–water partition coefficient (Wildman–Crippen LogP) is 8.37. The lowest BCUT2D eigenvalue weighted by atomic mass is 9.96. The van der Waals surface area contributed by atoms with E-state index in [1.165, 1.54) is 6.07 Å². The number of hydrazone groups is 1. The number of benzene rings is 3. The minimum atomic E-state index is -5.80. The Bertz CT molecular complexity index is 1230. The molecule has 1 heterocycles. The van der Waals surface area contributed by atoms with Crippen LogP contribution in [0.5, 0.6) is 0 Å². The SMILES string of the molecule is CSc1cccc(-c2ccc(C3CC(C(F)(F)C(F)(F)F)=NN3c3ccc(F)cc3Cl)cc2)c1. The summed E-state index contributed by atoms with van der Waals surface area (Å²) in [6, 6.07) is 16.8. The molecule has 0 aromatic heterocycles. The first-order chi connectivity index (χ1) is 16.0. The highest BCUT2D eigenvalue weighted by Gasteiger charge is 2.62. The number of anilines is 1. The fourth-order valence-electron chi connectivity index (χ4n) is 3.71. The van der Waals surface area contributed by atoms with Crippen LogP contribution < -0.4 is 5.01 Å². The molecule has 1 aliphatic rings. The molecule has 3 aromatic carbocycles. The Morgan fingerprint density at radius 1 is 0.941 bits per heavy atom. The van der Waals surface area contributed by atoms with Gasteiger partial charge in [-0.3, -0.25) is 5.01 Å². The van der Waals surface area contributed by atoms with Crippen LogP contribution in [0.1, 0.15) is 18.0 Å². The number of nitrogens with zero attached hydrogens (tertiary/aromatic N) is 2. The van der Waals surface area contributed by atoms with E-state index in [4.69, 9.17) is 11.6 Å². The molecule has 1 aliphatic heterocycles. The maximum atomic E-state index is 14.2. The third-order valence-electron chi connectivity index (χ3n) is 5.48. The smallest absolute Gasteiger partial charge is 0.256 e. The second kappa shape index (κ2) is 9.19. The molecule has 0 aliphatic carbocycles. The van der Waals surface area contributed by atoms with Crippen LogP contribution in [0.2, 0.25) is 5.02 Å². The molecule has 4 rings (SSSR count). The number of hydrogen-bond acceptors (Lipinski definition) is 3. The lowest BCUT2D eigenvalue weighted by Gasteiger charge is -2.25. The van der Waals surface area contributed by atoms with Crippen molar-refractivity contribution in [2.75, 3.05) is 11.3 Å². The van der Waals surface area contributed by atoms with Crippen LogP contribution in [0.15, 0.2) is 76.7 Å². The Labute approximate surface area is 201 Å². The molecule has 1 unspecified atom stereocenters. The van der Waals surface area contributed by atoms with Gasteiger partial charge in [0.1, 0.15) is 11.5 Å². The van der Waals surface area contributed by atoms with Crippen molar-refractivity contribution < 1.29 is 26.3 Å². The van der Waals surface area contributed by atoms with Gasteiger partial charge in [0, 0.05) is 11.3 Å². The summed E-state index contributed by atoms with van der Waals surface area (Å²) in [5.74, 6) is -5.80. The van der Waals surface area contributed by atoms with Gasteiger partial charge in [0.2, 0.25) is 0 Å². The molecule has 0 saturated heterocycles. The van der Waals surface area contributed by atoms with Gasteiger partial charge in [-0.2, -0.15) is 27.1 Å². The number of hydrogen-bond donors (Lipinski definition) is 0. The lowest BCUT2D eigenvalue weighted by Crippen LogP contribution is -2.43. The normalized spacial score (nSPS) is 16.6. The van der Waals surface area contributed by atoms with Crippen molar-refractivity contribution in [3.63, 3.8) is 0 Å². The van der Waals surface area contributed by atoms with Crippen LogP contribution >= 0.6 is 23.4 Å². The third kappa shape index (κ3) is 4.63. The monoisotopic (exact) mass is 514 g/mol. The van der Waals surface area contributed by atoms with Crippen LogP contribution in [0.3, 0.4) is 0 Å². The van der Waals surface area contributed by atoms with Gasteiger partial charge in [-0.1, -0.05) is 48.0 Å². The molecule has 2 nitrogen and oxygen atoms in total. The second-order valence-corrected chi connectivity index (χ2v) is 8.92. The van der Waals surface area contributed by atoms with Crippen molar-refractivity contribution in [1.29, 1.82) is 0 Å². The molecule has 0 spiro atoms. The molecule has 34 heavy (non-hydrogen) atoms. The maximum absolute atomic E-state index is 14.2. The Hall–Kier alpha value is -2.65. The summed E-state index contributed by atoms with van der Waals surface area (Å²) in [5.41, 5.74) is 0.941. The molecule has 0 radical (unpaired) electrons. The van der Waals surface area contributed by atoms with Gasteiger partial charge in [-0.15, -0.1) is 11.8 Å². The van der Waals surface area contributed by atoms with Gasteiger partial charge < -0.3 is 0 Å². The standard InChI is InChI=1S/C24H17ClF6N2S/c1-34-18-4-2-3-16(11-18)14-5-7-15(8-6-14)21-13-22(23(27,28)24(29,30)31)32-33(21)20-10-9-17(26)12-19(20)25/h2-12,21H,13H2,1H3. The lowest BCUT2D eigenvalue weighted by molar-refractivity contribution is -0.249. The van der Waals surface area contributed by atoms with E-state index in [0.29, 0.717) is 5.56 Å². The van der Waals surface area contributed by atoms with E-state index in [2.05, 4.69) is 5.10 Å². The molecule has 0 fully saturated rings. The van der Waals surface area contributed by atoms with E-state index >= 15 is 0 Å². The molecule has 1 atom stereocenters. The highest BCUT2D eigenvalue weighted by molar-refractivity contribution is 7.98. The second-order valence-electron chi connectivity index (χ2n) is 7.63. The predicted molar refractivity (Wildman–Crippen MR) is 123 cm³/mol. The van der Waals surface area contributed by atoms with Gasteiger partial charge in [-0.05, 0) is 53.3 Å². The van der Waals surface area contributed by atoms with Gasteiger partial charge >= 0.3 is 12.1 Å². The van der Waals surface area contributed by atoms with Crippen molar-refractivity contribution >= 4 is 34.8 Å². The van der Waals surface area contributed by atoms with E-state index in [9.17, 15) is 26.3 Å². The fourth-order valence-corrected chi connectivity index (χ4v) is 4.43. The van der Waals surface area contributed by atoms with E-state index in [1.54, 1.807) is 36.0 Å². The summed E-state index contributed by atoms with van der Waals surface area (Å²) >= 11 is 7.67. The molecule has 0 bridgehead atoms. The first-order valence-electron chi connectivity index (χ1n) is 10.0. The van der Waals surface area contributed by atoms with Gasteiger partial charge in [-0.25, -0.2) is 4.39 Å². The van der Waals surface area contributed by atoms with Crippen molar-refractivity contribution in [3.8, 4) is 11.1 Å². The van der Waals surface area contributed by atoms with Gasteiger partial charge in [0.25, 0.3) is 0 Å². The summed E-state index contributed by atoms with van der Waals surface area (Å²) in [4.78, 5) is 1.06. The van der Waals surface area contributed by atoms with Crippen LogP contribution in [-0.4, -0.2) is 24.1 Å². The average molecular weight is 515 g/mol. The average Bonchev–Trinajstić information content (AvgIpc) is 3.24. The van der Waals surface area contributed by atoms with Crippen molar-refractivity contribution in [2.24, 2.45) is 5.10 Å². The molecule has 0 saturated carbocycles. The summed E-state index contributed by atoms with van der Waals surface area (Å²) in [7, 11) is 0. The van der Waals surface area contributed by atoms with E-state index in [0.717, 1.165) is 33.2 Å². The molecule has 0 N–H and O–H groups in total. The van der Waals surface area contributed by atoms with E-state index < -0.39 is 36.1 Å². The van der Waals surface area contributed by atoms with Crippen molar-refractivity contribution in [3.05, 3.63) is 83.1 Å². The summed E-state index contributed by atoms with van der Waals surface area (Å²) in [5, 5.41) is 4.46. The fraction of sp³-hybridized carbons (Fsp3) is 0.208. The highest BCUT2D eigenvalue weighted by Crippen LogP contribution is 2.46. The number of alkyl halides is 5. The zero-order valence-corrected chi connectivity index (χ0v) is 19.2. The number of halogens is 7. The van der Waals surface area contributed by atoms with Crippen molar-refractivity contribution in [2.45, 2.75) is 29.5 Å². The zero-order chi connectivity index (χ0) is 24.7. The minimum absolute atomic E-state index is 0.0257. The summed E-state index contributed by atoms with van der Waals surface area (Å²) in [6.45, 7) is 0. The summed E-state index contributed by atoms with van der Waals surface area (Å²) < 4.78 is 81.0. The first kappa shape index (κ1) is 24.5. The topological polar surface area (TPSA) is 15.6 Å². The molecule has 0 amide bonds. The van der Waals surface area contributed by atoms with Crippen LogP contribution in [0.25, 0.3) is 11.1 Å². The largest absolute Gasteiger partial charge is 0.459 e. The Balaban J connectivity index is 1.73. The van der Waals surface area contributed by atoms with Crippen molar-refractivity contribution in [1.82, 2.24) is 0 Å². The maximum Gasteiger partial charge on any atom is 0.459 e.